The third kappa shape index (κ3) is 3.05. The van der Waals surface area contributed by atoms with Crippen molar-refractivity contribution in [2.24, 2.45) is 14.1 Å². The van der Waals surface area contributed by atoms with E-state index in [1.165, 1.54) is 10.9 Å². The highest BCUT2D eigenvalue weighted by atomic mass is 35.5. The number of rotatable bonds is 4. The van der Waals surface area contributed by atoms with Gasteiger partial charge in [-0.05, 0) is 13.0 Å². The number of nitrogens with zero attached hydrogens (tertiary/aromatic N) is 6. The SMILES string of the molecule is CC(Oc1nn(C)c2nnc(-c3c[nH]c(=O)[nH]c3=O)cc12)c1nn(C)cc1Cl. The third-order valence-electron chi connectivity index (χ3n) is 4.13. The predicted molar refractivity (Wildman–Crippen MR) is 100 cm³/mol. The van der Waals surface area contributed by atoms with Gasteiger partial charge in [0.2, 0.25) is 5.88 Å². The summed E-state index contributed by atoms with van der Waals surface area (Å²) >= 11 is 6.19. The molecule has 4 aromatic heterocycles. The second-order valence-corrected chi connectivity index (χ2v) is 6.58. The van der Waals surface area contributed by atoms with Crippen molar-refractivity contribution in [3.8, 4) is 17.1 Å². The fourth-order valence-electron chi connectivity index (χ4n) is 2.81. The van der Waals surface area contributed by atoms with E-state index in [1.54, 1.807) is 38.0 Å². The van der Waals surface area contributed by atoms with Crippen molar-refractivity contribution in [1.82, 2.24) is 39.7 Å². The molecule has 0 bridgehead atoms. The summed E-state index contributed by atoms with van der Waals surface area (Å²) < 4.78 is 9.08. The molecule has 144 valence electrons. The van der Waals surface area contributed by atoms with Crippen LogP contribution in [0.3, 0.4) is 0 Å². The molecule has 0 spiro atoms. The van der Waals surface area contributed by atoms with Crippen LogP contribution in [-0.2, 0) is 14.1 Å². The van der Waals surface area contributed by atoms with E-state index in [0.29, 0.717) is 27.6 Å². The zero-order valence-corrected chi connectivity index (χ0v) is 15.9. The van der Waals surface area contributed by atoms with E-state index in [1.807, 2.05) is 0 Å². The zero-order valence-electron chi connectivity index (χ0n) is 15.1. The molecule has 0 fully saturated rings. The van der Waals surface area contributed by atoms with Gasteiger partial charge in [0.25, 0.3) is 5.56 Å². The molecule has 0 aliphatic carbocycles. The molecule has 28 heavy (non-hydrogen) atoms. The van der Waals surface area contributed by atoms with E-state index in [-0.39, 0.29) is 11.3 Å². The Balaban J connectivity index is 1.78. The zero-order chi connectivity index (χ0) is 20.0. The quantitative estimate of drug-likeness (QED) is 0.518. The van der Waals surface area contributed by atoms with E-state index in [0.717, 1.165) is 0 Å². The van der Waals surface area contributed by atoms with E-state index >= 15 is 0 Å². The Kier molecular flexibility index (Phi) is 4.23. The van der Waals surface area contributed by atoms with Gasteiger partial charge in [0.1, 0.15) is 17.5 Å². The molecule has 1 unspecified atom stereocenters. The number of fused-ring (bicyclic) bond motifs is 1. The van der Waals surface area contributed by atoms with Crippen molar-refractivity contribution in [2.45, 2.75) is 13.0 Å². The van der Waals surface area contributed by atoms with Crippen molar-refractivity contribution in [3.63, 3.8) is 0 Å². The summed E-state index contributed by atoms with van der Waals surface area (Å²) in [5.74, 6) is 0.295. The molecule has 4 aromatic rings. The summed E-state index contributed by atoms with van der Waals surface area (Å²) in [6.07, 6.45) is 2.49. The van der Waals surface area contributed by atoms with Crippen LogP contribution in [0.1, 0.15) is 18.7 Å². The lowest BCUT2D eigenvalue weighted by Gasteiger charge is -2.10. The van der Waals surface area contributed by atoms with Crippen molar-refractivity contribution in [2.75, 3.05) is 0 Å². The topological polar surface area (TPSA) is 136 Å². The minimum Gasteiger partial charge on any atom is -0.466 e. The minimum atomic E-state index is -0.603. The number of ether oxygens (including phenoxy) is 1. The van der Waals surface area contributed by atoms with Gasteiger partial charge in [-0.15, -0.1) is 15.3 Å². The van der Waals surface area contributed by atoms with Gasteiger partial charge in [0.15, 0.2) is 5.65 Å². The Hall–Kier alpha value is -3.47. The van der Waals surface area contributed by atoms with Crippen LogP contribution in [0.2, 0.25) is 5.02 Å². The molecule has 12 heteroatoms. The highest BCUT2D eigenvalue weighted by molar-refractivity contribution is 6.31. The minimum absolute atomic E-state index is 0.171. The third-order valence-corrected chi connectivity index (χ3v) is 4.42. The molecule has 0 amide bonds. The van der Waals surface area contributed by atoms with Crippen LogP contribution in [0.15, 0.2) is 28.0 Å². The van der Waals surface area contributed by atoms with Crippen LogP contribution >= 0.6 is 11.6 Å². The first kappa shape index (κ1) is 17.9. The lowest BCUT2D eigenvalue weighted by atomic mass is 10.2. The van der Waals surface area contributed by atoms with Gasteiger partial charge in [-0.25, -0.2) is 9.48 Å². The Morgan fingerprint density at radius 3 is 2.68 bits per heavy atom. The van der Waals surface area contributed by atoms with Crippen LogP contribution in [0.25, 0.3) is 22.3 Å². The maximum atomic E-state index is 12.0. The van der Waals surface area contributed by atoms with Crippen LogP contribution < -0.4 is 16.0 Å². The lowest BCUT2D eigenvalue weighted by molar-refractivity contribution is 0.212. The van der Waals surface area contributed by atoms with Crippen molar-refractivity contribution < 1.29 is 4.74 Å². The number of hydrogen-bond acceptors (Lipinski definition) is 7. The number of H-pyrrole nitrogens is 2. The maximum Gasteiger partial charge on any atom is 0.325 e. The highest BCUT2D eigenvalue weighted by Crippen LogP contribution is 2.30. The van der Waals surface area contributed by atoms with Crippen molar-refractivity contribution >= 4 is 22.6 Å². The standard InChI is InChI=1S/C16H15ClN8O3/c1-7(12-10(17)6-24(2)22-12)28-15-8-4-11(20-21-13(8)25(3)23-15)9-5-18-16(27)19-14(9)26/h4-7H,1-3H3,(H2,18,19,26,27). The fourth-order valence-corrected chi connectivity index (χ4v) is 3.15. The molecule has 0 radical (unpaired) electrons. The maximum absolute atomic E-state index is 12.0. The number of halogens is 1. The molecular formula is C16H15ClN8O3. The summed E-state index contributed by atoms with van der Waals surface area (Å²) in [6, 6.07) is 1.63. The Morgan fingerprint density at radius 1 is 1.21 bits per heavy atom. The Bertz CT molecular complexity index is 1300. The Labute approximate surface area is 161 Å². The lowest BCUT2D eigenvalue weighted by Crippen LogP contribution is -2.22. The molecule has 0 aliphatic rings. The van der Waals surface area contributed by atoms with Crippen LogP contribution in [-0.4, -0.2) is 39.7 Å². The van der Waals surface area contributed by atoms with Crippen molar-refractivity contribution in [1.29, 1.82) is 0 Å². The van der Waals surface area contributed by atoms with E-state index < -0.39 is 17.4 Å². The van der Waals surface area contributed by atoms with Gasteiger partial charge in [-0.3, -0.25) is 14.5 Å². The number of aromatic amines is 2. The van der Waals surface area contributed by atoms with Gasteiger partial charge < -0.3 is 9.72 Å². The first-order valence-electron chi connectivity index (χ1n) is 8.22. The molecule has 2 N–H and O–H groups in total. The average Bonchev–Trinajstić information content (AvgIpc) is 3.13. The number of aryl methyl sites for hydroxylation is 2. The molecule has 4 heterocycles. The summed E-state index contributed by atoms with van der Waals surface area (Å²) in [5, 5.41) is 17.8. The number of nitrogens with one attached hydrogen (secondary N) is 2. The highest BCUT2D eigenvalue weighted by Gasteiger charge is 2.21. The van der Waals surface area contributed by atoms with Crippen LogP contribution in [0.5, 0.6) is 5.88 Å². The van der Waals surface area contributed by atoms with Gasteiger partial charge >= 0.3 is 5.69 Å². The average molecular weight is 403 g/mol. The van der Waals surface area contributed by atoms with Crippen molar-refractivity contribution in [3.05, 3.63) is 50.0 Å². The molecule has 0 saturated heterocycles. The first-order valence-corrected chi connectivity index (χ1v) is 8.60. The molecule has 0 saturated carbocycles. The number of hydrogen-bond donors (Lipinski definition) is 2. The second-order valence-electron chi connectivity index (χ2n) is 6.18. The van der Waals surface area contributed by atoms with Gasteiger partial charge in [0.05, 0.1) is 16.0 Å². The number of aromatic nitrogens is 8. The summed E-state index contributed by atoms with van der Waals surface area (Å²) in [4.78, 5) is 27.8. The summed E-state index contributed by atoms with van der Waals surface area (Å²) in [5.41, 5.74) is 0.309. The second kappa shape index (κ2) is 6.60. The van der Waals surface area contributed by atoms with E-state index in [4.69, 9.17) is 16.3 Å². The van der Waals surface area contributed by atoms with Gasteiger partial charge in [0, 0.05) is 26.5 Å². The summed E-state index contributed by atoms with van der Waals surface area (Å²) in [6.45, 7) is 1.80. The predicted octanol–water partition coefficient (Wildman–Crippen LogP) is 0.934. The summed E-state index contributed by atoms with van der Waals surface area (Å²) in [7, 11) is 3.47. The monoisotopic (exact) mass is 402 g/mol. The van der Waals surface area contributed by atoms with Crippen LogP contribution in [0.4, 0.5) is 0 Å². The molecular weight excluding hydrogens is 388 g/mol. The first-order chi connectivity index (χ1) is 13.3. The normalized spacial score (nSPS) is 12.4. The van der Waals surface area contributed by atoms with Gasteiger partial charge in [-0.2, -0.15) is 5.10 Å². The largest absolute Gasteiger partial charge is 0.466 e. The van der Waals surface area contributed by atoms with Gasteiger partial charge in [-0.1, -0.05) is 11.6 Å². The van der Waals surface area contributed by atoms with E-state index in [9.17, 15) is 9.59 Å². The molecule has 4 rings (SSSR count). The smallest absolute Gasteiger partial charge is 0.325 e. The molecule has 1 atom stereocenters. The molecule has 11 nitrogen and oxygen atoms in total. The fraction of sp³-hybridized carbons (Fsp3) is 0.250. The van der Waals surface area contributed by atoms with Crippen LogP contribution in [0, 0.1) is 0 Å². The molecule has 0 aliphatic heterocycles. The molecule has 0 aromatic carbocycles. The van der Waals surface area contributed by atoms with E-state index in [2.05, 4.69) is 30.4 Å². The Morgan fingerprint density at radius 2 is 2.00 bits per heavy atom.